The van der Waals surface area contributed by atoms with Crippen molar-refractivity contribution < 1.29 is 4.42 Å². The number of oxazole rings is 1. The molecule has 3 heterocycles. The molecule has 0 aliphatic carbocycles. The first kappa shape index (κ1) is 14.3. The van der Waals surface area contributed by atoms with Crippen LogP contribution >= 0.6 is 0 Å². The highest BCUT2D eigenvalue weighted by Gasteiger charge is 2.27. The maximum Gasteiger partial charge on any atom is 0.208 e. The van der Waals surface area contributed by atoms with Gasteiger partial charge in [0.05, 0.1) is 19.3 Å². The van der Waals surface area contributed by atoms with Gasteiger partial charge in [-0.05, 0) is 19.4 Å². The van der Waals surface area contributed by atoms with Crippen molar-refractivity contribution in [3.8, 4) is 0 Å². The summed E-state index contributed by atoms with van der Waals surface area (Å²) in [5.74, 6) is 1.76. The molecule has 1 aliphatic rings. The molecule has 21 heavy (non-hydrogen) atoms. The highest BCUT2D eigenvalue weighted by atomic mass is 16.4. The van der Waals surface area contributed by atoms with E-state index in [0.29, 0.717) is 6.04 Å². The number of rotatable bonds is 4. The van der Waals surface area contributed by atoms with E-state index >= 15 is 0 Å². The normalized spacial score (nSPS) is 20.2. The topological polar surface area (TPSA) is 60.0 Å². The molecular formula is C15H23N5O. The minimum atomic E-state index is 0.0103. The molecule has 0 N–H and O–H groups in total. The highest BCUT2D eigenvalue weighted by Crippen LogP contribution is 2.25. The first-order valence-electron chi connectivity index (χ1n) is 7.54. The molecule has 6 heteroatoms. The van der Waals surface area contributed by atoms with E-state index in [9.17, 15) is 0 Å². The summed E-state index contributed by atoms with van der Waals surface area (Å²) in [6, 6.07) is 0.483. The van der Waals surface area contributed by atoms with Gasteiger partial charge < -0.3 is 4.42 Å². The second kappa shape index (κ2) is 5.60. The van der Waals surface area contributed by atoms with Crippen molar-refractivity contribution in [3.63, 3.8) is 0 Å². The van der Waals surface area contributed by atoms with E-state index in [-0.39, 0.29) is 5.41 Å². The van der Waals surface area contributed by atoms with Crippen LogP contribution in [-0.4, -0.2) is 37.2 Å². The van der Waals surface area contributed by atoms with E-state index in [0.717, 1.165) is 31.3 Å². The van der Waals surface area contributed by atoms with Gasteiger partial charge in [0, 0.05) is 11.5 Å². The van der Waals surface area contributed by atoms with Crippen molar-refractivity contribution in [1.29, 1.82) is 0 Å². The zero-order valence-corrected chi connectivity index (χ0v) is 13.0. The third kappa shape index (κ3) is 3.32. The predicted molar refractivity (Wildman–Crippen MR) is 78.7 cm³/mol. The molecule has 3 rings (SSSR count). The molecule has 1 saturated heterocycles. The van der Waals surface area contributed by atoms with Gasteiger partial charge in [0.1, 0.15) is 18.4 Å². The molecule has 114 valence electrons. The maximum absolute atomic E-state index is 5.91. The van der Waals surface area contributed by atoms with Gasteiger partial charge in [0.15, 0.2) is 0 Å². The van der Waals surface area contributed by atoms with Crippen molar-refractivity contribution in [2.45, 2.75) is 58.2 Å². The maximum atomic E-state index is 5.91. The van der Waals surface area contributed by atoms with Crippen LogP contribution < -0.4 is 0 Å². The molecule has 1 aliphatic heterocycles. The lowest BCUT2D eigenvalue weighted by atomic mass is 9.94. The fourth-order valence-electron chi connectivity index (χ4n) is 2.76. The fourth-order valence-corrected chi connectivity index (χ4v) is 2.76. The molecule has 0 saturated carbocycles. The van der Waals surface area contributed by atoms with Gasteiger partial charge in [-0.25, -0.2) is 9.97 Å². The van der Waals surface area contributed by atoms with Gasteiger partial charge in [0.25, 0.3) is 0 Å². The van der Waals surface area contributed by atoms with Crippen molar-refractivity contribution >= 4 is 0 Å². The average Bonchev–Trinajstić information content (AvgIpc) is 3.12. The summed E-state index contributed by atoms with van der Waals surface area (Å²) < 4.78 is 7.81. The summed E-state index contributed by atoms with van der Waals surface area (Å²) in [6.45, 7) is 9.16. The van der Waals surface area contributed by atoms with Crippen molar-refractivity contribution in [1.82, 2.24) is 24.6 Å². The third-order valence-electron chi connectivity index (χ3n) is 3.99. The molecule has 0 radical (unpaired) electrons. The van der Waals surface area contributed by atoms with Crippen molar-refractivity contribution in [2.75, 3.05) is 6.54 Å². The second-order valence-corrected chi connectivity index (χ2v) is 6.75. The molecule has 0 spiro atoms. The molecule has 0 bridgehead atoms. The van der Waals surface area contributed by atoms with E-state index < -0.39 is 0 Å². The van der Waals surface area contributed by atoms with Gasteiger partial charge in [-0.1, -0.05) is 20.8 Å². The summed E-state index contributed by atoms with van der Waals surface area (Å²) in [4.78, 5) is 10.9. The quantitative estimate of drug-likeness (QED) is 0.864. The molecule has 0 aromatic carbocycles. The minimum Gasteiger partial charge on any atom is -0.444 e. The summed E-state index contributed by atoms with van der Waals surface area (Å²) in [7, 11) is 0. The van der Waals surface area contributed by atoms with Crippen molar-refractivity contribution in [2.24, 2.45) is 0 Å². The largest absolute Gasteiger partial charge is 0.444 e. The number of aromatic nitrogens is 4. The summed E-state index contributed by atoms with van der Waals surface area (Å²) >= 11 is 0. The van der Waals surface area contributed by atoms with Gasteiger partial charge in [-0.2, -0.15) is 5.10 Å². The Kier molecular flexibility index (Phi) is 3.80. The molecule has 1 fully saturated rings. The van der Waals surface area contributed by atoms with E-state index in [2.05, 4.69) is 40.7 Å². The van der Waals surface area contributed by atoms with Crippen LogP contribution in [0.5, 0.6) is 0 Å². The van der Waals surface area contributed by atoms with Crippen LogP contribution in [0.3, 0.4) is 0 Å². The minimum absolute atomic E-state index is 0.0103. The monoisotopic (exact) mass is 289 g/mol. The molecule has 1 unspecified atom stereocenters. The lowest BCUT2D eigenvalue weighted by molar-refractivity contribution is 0.196. The Balaban J connectivity index is 1.64. The Morgan fingerprint density at radius 1 is 1.38 bits per heavy atom. The SMILES string of the molecule is CC(C)(C)c1cnc(CN2CCCC2Cn2cncn2)o1. The highest BCUT2D eigenvalue weighted by molar-refractivity contribution is 5.06. The van der Waals surface area contributed by atoms with Crippen LogP contribution in [0.1, 0.15) is 45.3 Å². The van der Waals surface area contributed by atoms with E-state index in [1.165, 1.54) is 12.8 Å². The average molecular weight is 289 g/mol. The fraction of sp³-hybridized carbons (Fsp3) is 0.667. The van der Waals surface area contributed by atoms with Gasteiger partial charge in [0.2, 0.25) is 5.89 Å². The van der Waals surface area contributed by atoms with Gasteiger partial charge >= 0.3 is 0 Å². The van der Waals surface area contributed by atoms with Gasteiger partial charge in [-0.3, -0.25) is 9.58 Å². The van der Waals surface area contributed by atoms with E-state index in [4.69, 9.17) is 4.42 Å². The Labute approximate surface area is 125 Å². The summed E-state index contributed by atoms with van der Waals surface area (Å²) in [6.07, 6.45) is 7.62. The smallest absolute Gasteiger partial charge is 0.208 e. The molecule has 2 aromatic heterocycles. The molecule has 1 atom stereocenters. The van der Waals surface area contributed by atoms with Crippen molar-refractivity contribution in [3.05, 3.63) is 30.5 Å². The number of likely N-dealkylation sites (tertiary alicyclic amines) is 1. The lowest BCUT2D eigenvalue weighted by Crippen LogP contribution is -2.32. The zero-order chi connectivity index (χ0) is 14.9. The van der Waals surface area contributed by atoms with E-state index in [1.54, 1.807) is 12.7 Å². The van der Waals surface area contributed by atoms with Crippen LogP contribution in [0.4, 0.5) is 0 Å². The standard InChI is InChI=1S/C15H23N5O/c1-15(2,3)13-7-17-14(21-13)9-19-6-4-5-12(19)8-20-11-16-10-18-20/h7,10-12H,4-6,8-9H2,1-3H3. The Morgan fingerprint density at radius 2 is 2.24 bits per heavy atom. The van der Waals surface area contributed by atoms with E-state index in [1.807, 2.05) is 10.9 Å². The molecular weight excluding hydrogens is 266 g/mol. The van der Waals surface area contributed by atoms with Crippen LogP contribution in [0, 0.1) is 0 Å². The van der Waals surface area contributed by atoms with Crippen LogP contribution in [0.15, 0.2) is 23.3 Å². The van der Waals surface area contributed by atoms with Crippen LogP contribution in [0.25, 0.3) is 0 Å². The Bertz CT molecular complexity index is 569. The number of hydrogen-bond acceptors (Lipinski definition) is 5. The third-order valence-corrected chi connectivity index (χ3v) is 3.99. The molecule has 2 aromatic rings. The second-order valence-electron chi connectivity index (χ2n) is 6.75. The summed E-state index contributed by atoms with van der Waals surface area (Å²) in [5, 5.41) is 4.20. The molecule has 0 amide bonds. The van der Waals surface area contributed by atoms with Gasteiger partial charge in [-0.15, -0.1) is 0 Å². The first-order chi connectivity index (χ1) is 10.0. The predicted octanol–water partition coefficient (Wildman–Crippen LogP) is 2.23. The lowest BCUT2D eigenvalue weighted by Gasteiger charge is -2.22. The number of hydrogen-bond donors (Lipinski definition) is 0. The Morgan fingerprint density at radius 3 is 2.90 bits per heavy atom. The summed E-state index contributed by atoms with van der Waals surface area (Å²) in [5.41, 5.74) is 0.0103. The zero-order valence-electron chi connectivity index (χ0n) is 13.0. The molecule has 6 nitrogen and oxygen atoms in total. The first-order valence-corrected chi connectivity index (χ1v) is 7.54. The number of nitrogens with zero attached hydrogens (tertiary/aromatic N) is 5. The Hall–Kier alpha value is -1.69. The van der Waals surface area contributed by atoms with Crippen LogP contribution in [-0.2, 0) is 18.5 Å². The van der Waals surface area contributed by atoms with Crippen LogP contribution in [0.2, 0.25) is 0 Å².